The van der Waals surface area contributed by atoms with E-state index in [0.717, 1.165) is 24.5 Å². The monoisotopic (exact) mass is 487 g/mol. The Morgan fingerprint density at radius 3 is 2.65 bits per heavy atom. The van der Waals surface area contributed by atoms with Gasteiger partial charge >= 0.3 is 5.97 Å². The van der Waals surface area contributed by atoms with Crippen LogP contribution in [-0.4, -0.2) is 84.1 Å². The lowest BCUT2D eigenvalue weighted by atomic mass is 9.97. The van der Waals surface area contributed by atoms with Gasteiger partial charge in [-0.25, -0.2) is 4.79 Å². The van der Waals surface area contributed by atoms with Crippen LogP contribution in [0.15, 0.2) is 23.1 Å². The fourth-order valence-corrected chi connectivity index (χ4v) is 5.53. The zero-order chi connectivity index (χ0) is 24.4. The number of rotatable bonds is 7. The van der Waals surface area contributed by atoms with E-state index in [9.17, 15) is 19.5 Å². The highest BCUT2D eigenvalue weighted by molar-refractivity contribution is 7.10. The number of ketones is 1. The molecule has 0 unspecified atom stereocenters. The summed E-state index contributed by atoms with van der Waals surface area (Å²) in [6.45, 7) is 7.65. The number of Topliss-reactive ketones (excluding diaryl/α,β-unsaturated/α-hetero) is 1. The molecule has 0 aliphatic carbocycles. The first-order valence-corrected chi connectivity index (χ1v) is 12.1. The molecule has 0 saturated carbocycles. The normalized spacial score (nSPS) is 20.8. The van der Waals surface area contributed by atoms with E-state index >= 15 is 0 Å². The molecule has 182 valence electrons. The summed E-state index contributed by atoms with van der Waals surface area (Å²) in [4.78, 5) is 46.0. The highest BCUT2D eigenvalue weighted by atomic mass is 32.1. The summed E-state index contributed by atoms with van der Waals surface area (Å²) in [5.74, 6) is -2.20. The molecule has 9 nitrogen and oxygen atoms in total. The van der Waals surface area contributed by atoms with Crippen molar-refractivity contribution in [2.45, 2.75) is 26.3 Å². The van der Waals surface area contributed by atoms with E-state index in [-0.39, 0.29) is 17.0 Å². The smallest absolute Gasteiger partial charge is 0.354 e. The van der Waals surface area contributed by atoms with Gasteiger partial charge in [0.1, 0.15) is 11.5 Å². The number of aromatic nitrogens is 1. The predicted molar refractivity (Wildman–Crippen MR) is 127 cm³/mol. The van der Waals surface area contributed by atoms with Crippen LogP contribution in [-0.2, 0) is 19.1 Å². The Hall–Kier alpha value is -2.95. The Balaban J connectivity index is 1.69. The van der Waals surface area contributed by atoms with E-state index in [1.54, 1.807) is 18.7 Å². The standard InChI is InChI=1S/C24H29N3O6S/c1-14-17(15(2)25-19(14)24(31)32-3)21(28)18-20(16-6-4-13-34-16)27(23(30)22(18)29)8-5-7-26-9-11-33-12-10-26/h4,6,13,20,25,28H,5,7-12H2,1-3H3/b21-18+/t20-/m0/s1. The fourth-order valence-electron chi connectivity index (χ4n) is 4.69. The maximum Gasteiger partial charge on any atom is 0.354 e. The SMILES string of the molecule is COC(=O)c1[nH]c(C)c(/C(O)=C2\C(=O)C(=O)N(CCCN3CCOCC3)[C@H]2c2cccs2)c1C. The number of ether oxygens (including phenoxy) is 2. The molecule has 0 spiro atoms. The Morgan fingerprint density at radius 1 is 1.26 bits per heavy atom. The molecule has 0 aromatic carbocycles. The van der Waals surface area contributed by atoms with Crippen LogP contribution in [0, 0.1) is 13.8 Å². The first-order chi connectivity index (χ1) is 16.3. The van der Waals surface area contributed by atoms with Crippen LogP contribution in [0.25, 0.3) is 5.76 Å². The van der Waals surface area contributed by atoms with Crippen LogP contribution in [0.3, 0.4) is 0 Å². The minimum atomic E-state index is -0.720. The summed E-state index contributed by atoms with van der Waals surface area (Å²) >= 11 is 1.43. The Labute approximate surface area is 202 Å². The molecule has 2 N–H and O–H groups in total. The number of aliphatic hydroxyl groups is 1. The van der Waals surface area contributed by atoms with Gasteiger partial charge < -0.3 is 24.5 Å². The maximum absolute atomic E-state index is 13.2. The molecule has 34 heavy (non-hydrogen) atoms. The van der Waals surface area contributed by atoms with Gasteiger partial charge in [0.05, 0.1) is 31.9 Å². The molecule has 1 amide bonds. The van der Waals surface area contributed by atoms with Gasteiger partial charge in [0.15, 0.2) is 0 Å². The number of hydrogen-bond donors (Lipinski definition) is 2. The molecule has 2 saturated heterocycles. The largest absolute Gasteiger partial charge is 0.507 e. The lowest BCUT2D eigenvalue weighted by Gasteiger charge is -2.28. The number of H-pyrrole nitrogens is 1. The molecule has 4 heterocycles. The van der Waals surface area contributed by atoms with Crippen molar-refractivity contribution < 1.29 is 29.0 Å². The molecular formula is C24H29N3O6S. The fraction of sp³-hybridized carbons (Fsp3) is 0.458. The van der Waals surface area contributed by atoms with Gasteiger partial charge in [0.25, 0.3) is 11.7 Å². The number of thiophene rings is 1. The van der Waals surface area contributed by atoms with Crippen LogP contribution in [0.5, 0.6) is 0 Å². The number of nitrogens with zero attached hydrogens (tertiary/aromatic N) is 2. The maximum atomic E-state index is 13.2. The van der Waals surface area contributed by atoms with Crippen LogP contribution in [0.2, 0.25) is 0 Å². The highest BCUT2D eigenvalue weighted by Crippen LogP contribution is 2.42. The number of methoxy groups -OCH3 is 1. The molecule has 2 fully saturated rings. The van der Waals surface area contributed by atoms with Crippen molar-refractivity contribution in [3.05, 3.63) is 50.5 Å². The van der Waals surface area contributed by atoms with Crippen molar-refractivity contribution in [3.8, 4) is 0 Å². The molecule has 0 bridgehead atoms. The average Bonchev–Trinajstić information content (AvgIpc) is 3.53. The molecule has 2 aromatic rings. The Kier molecular flexibility index (Phi) is 7.20. The number of aromatic amines is 1. The second-order valence-corrected chi connectivity index (χ2v) is 9.41. The zero-order valence-corrected chi connectivity index (χ0v) is 20.4. The summed E-state index contributed by atoms with van der Waals surface area (Å²) in [6, 6.07) is 3.04. The predicted octanol–water partition coefficient (Wildman–Crippen LogP) is 2.62. The van der Waals surface area contributed by atoms with Crippen molar-refractivity contribution >= 4 is 34.8 Å². The van der Waals surface area contributed by atoms with Gasteiger partial charge in [-0.3, -0.25) is 14.5 Å². The number of carbonyl (C=O) groups is 3. The molecule has 2 aliphatic heterocycles. The van der Waals surface area contributed by atoms with Gasteiger partial charge in [0, 0.05) is 42.3 Å². The number of aliphatic hydroxyl groups excluding tert-OH is 1. The summed E-state index contributed by atoms with van der Waals surface area (Å²) in [7, 11) is 1.27. The molecule has 1 atom stereocenters. The molecule has 10 heteroatoms. The number of hydrogen-bond acceptors (Lipinski definition) is 8. The Morgan fingerprint density at radius 2 is 2.00 bits per heavy atom. The van der Waals surface area contributed by atoms with Crippen LogP contribution < -0.4 is 0 Å². The van der Waals surface area contributed by atoms with E-state index in [0.29, 0.717) is 43.0 Å². The average molecular weight is 488 g/mol. The quantitative estimate of drug-likeness (QED) is 0.267. The first-order valence-electron chi connectivity index (χ1n) is 11.2. The van der Waals surface area contributed by atoms with E-state index < -0.39 is 23.7 Å². The highest BCUT2D eigenvalue weighted by Gasteiger charge is 2.46. The number of carbonyl (C=O) groups excluding carboxylic acids is 3. The van der Waals surface area contributed by atoms with Gasteiger partial charge in [-0.15, -0.1) is 11.3 Å². The van der Waals surface area contributed by atoms with Gasteiger partial charge in [-0.05, 0) is 37.3 Å². The van der Waals surface area contributed by atoms with E-state index in [1.807, 2.05) is 17.5 Å². The minimum absolute atomic E-state index is 0.0421. The Bertz CT molecular complexity index is 1110. The number of nitrogens with one attached hydrogen (secondary N) is 1. The molecule has 4 rings (SSSR count). The third-order valence-corrected chi connectivity index (χ3v) is 7.32. The van der Waals surface area contributed by atoms with Crippen LogP contribution >= 0.6 is 11.3 Å². The number of esters is 1. The zero-order valence-electron chi connectivity index (χ0n) is 19.6. The molecule has 2 aliphatic rings. The van der Waals surface area contributed by atoms with E-state index in [2.05, 4.69) is 9.88 Å². The van der Waals surface area contributed by atoms with Gasteiger partial charge in [-0.2, -0.15) is 0 Å². The van der Waals surface area contributed by atoms with E-state index in [4.69, 9.17) is 9.47 Å². The topological polar surface area (TPSA) is 112 Å². The van der Waals surface area contributed by atoms with Crippen LogP contribution in [0.4, 0.5) is 0 Å². The summed E-state index contributed by atoms with van der Waals surface area (Å²) in [5.41, 5.74) is 1.56. The number of likely N-dealkylation sites (tertiary alicyclic amines) is 1. The molecule has 2 aromatic heterocycles. The lowest BCUT2D eigenvalue weighted by molar-refractivity contribution is -0.140. The van der Waals surface area contributed by atoms with Crippen LogP contribution in [0.1, 0.15) is 44.6 Å². The summed E-state index contributed by atoms with van der Waals surface area (Å²) < 4.78 is 10.2. The van der Waals surface area contributed by atoms with E-state index in [1.165, 1.54) is 18.4 Å². The molecular weight excluding hydrogens is 458 g/mol. The third kappa shape index (κ3) is 4.40. The van der Waals surface area contributed by atoms with Gasteiger partial charge in [-0.1, -0.05) is 6.07 Å². The van der Waals surface area contributed by atoms with Crippen molar-refractivity contribution in [3.63, 3.8) is 0 Å². The number of morpholine rings is 1. The van der Waals surface area contributed by atoms with Crippen molar-refractivity contribution in [2.75, 3.05) is 46.5 Å². The number of aryl methyl sites for hydroxylation is 1. The third-order valence-electron chi connectivity index (χ3n) is 6.39. The lowest BCUT2D eigenvalue weighted by Crippen LogP contribution is -2.38. The van der Waals surface area contributed by atoms with Crippen molar-refractivity contribution in [2.24, 2.45) is 0 Å². The van der Waals surface area contributed by atoms with Gasteiger partial charge in [0.2, 0.25) is 0 Å². The minimum Gasteiger partial charge on any atom is -0.507 e. The summed E-state index contributed by atoms with van der Waals surface area (Å²) in [5, 5.41) is 13.2. The van der Waals surface area contributed by atoms with Crippen molar-refractivity contribution in [1.29, 1.82) is 0 Å². The van der Waals surface area contributed by atoms with Crippen molar-refractivity contribution in [1.82, 2.24) is 14.8 Å². The molecule has 0 radical (unpaired) electrons. The summed E-state index contributed by atoms with van der Waals surface area (Å²) in [6.07, 6.45) is 0.698. The number of amides is 1. The second-order valence-electron chi connectivity index (χ2n) is 8.43. The first kappa shape index (κ1) is 24.2. The second kappa shape index (κ2) is 10.1.